The fourth-order valence-corrected chi connectivity index (χ4v) is 4.48. The number of hydrogen-bond acceptors (Lipinski definition) is 3. The highest BCUT2D eigenvalue weighted by molar-refractivity contribution is 5.63. The van der Waals surface area contributed by atoms with E-state index in [0.29, 0.717) is 12.0 Å². The van der Waals surface area contributed by atoms with E-state index in [1.165, 1.54) is 42.9 Å². The van der Waals surface area contributed by atoms with Crippen molar-refractivity contribution in [3.8, 4) is 0 Å². The lowest BCUT2D eigenvalue weighted by Gasteiger charge is -2.29. The van der Waals surface area contributed by atoms with Crippen LogP contribution in [-0.4, -0.2) is 42.6 Å². The van der Waals surface area contributed by atoms with Crippen LogP contribution in [0.15, 0.2) is 42.6 Å². The van der Waals surface area contributed by atoms with Crippen molar-refractivity contribution in [3.05, 3.63) is 59.4 Å². The van der Waals surface area contributed by atoms with Crippen molar-refractivity contribution in [1.29, 1.82) is 0 Å². The molecule has 0 saturated carbocycles. The molecule has 1 fully saturated rings. The topological polar surface area (TPSA) is 19.4 Å². The number of pyridine rings is 1. The maximum Gasteiger partial charge on any atom is 0.0421 e. The second-order valence-electron chi connectivity index (χ2n) is 7.41. The standard InChI is InChI=1S/C21H27N3/c1-16-8-9-21-18(14-16)19-15-23(2)12-5-7-20(19)24(21)13-10-17-6-3-4-11-22-17/h3-4,6,8-9,11,14,19-20H,5,7,10,12-13,15H2,1-2H3/t19-,20-/m0/s1. The largest absolute Gasteiger partial charge is 0.367 e. The molecule has 1 aromatic heterocycles. The molecule has 4 rings (SSSR count). The molecule has 2 aliphatic heterocycles. The average Bonchev–Trinajstić information content (AvgIpc) is 2.73. The zero-order valence-corrected chi connectivity index (χ0v) is 14.8. The first-order valence-electron chi connectivity index (χ1n) is 9.18. The molecule has 24 heavy (non-hydrogen) atoms. The fourth-order valence-electron chi connectivity index (χ4n) is 4.48. The summed E-state index contributed by atoms with van der Waals surface area (Å²) >= 11 is 0. The molecule has 0 radical (unpaired) electrons. The van der Waals surface area contributed by atoms with E-state index >= 15 is 0 Å². The number of hydrogen-bond donors (Lipinski definition) is 0. The van der Waals surface area contributed by atoms with Crippen LogP contribution < -0.4 is 4.90 Å². The summed E-state index contributed by atoms with van der Waals surface area (Å²) in [5.41, 5.74) is 5.60. The minimum Gasteiger partial charge on any atom is -0.367 e. The van der Waals surface area contributed by atoms with E-state index in [2.05, 4.69) is 59.1 Å². The summed E-state index contributed by atoms with van der Waals surface area (Å²) in [6, 6.07) is 13.9. The van der Waals surface area contributed by atoms with E-state index in [0.717, 1.165) is 13.0 Å². The molecule has 1 aromatic carbocycles. The van der Waals surface area contributed by atoms with Gasteiger partial charge in [0.1, 0.15) is 0 Å². The molecular formula is C21H27N3. The van der Waals surface area contributed by atoms with Crippen molar-refractivity contribution >= 4 is 5.69 Å². The van der Waals surface area contributed by atoms with Crippen LogP contribution in [0.25, 0.3) is 0 Å². The Morgan fingerprint density at radius 1 is 1.21 bits per heavy atom. The van der Waals surface area contributed by atoms with Crippen LogP contribution in [0.2, 0.25) is 0 Å². The molecule has 3 heterocycles. The van der Waals surface area contributed by atoms with Crippen molar-refractivity contribution < 1.29 is 0 Å². The van der Waals surface area contributed by atoms with E-state index in [4.69, 9.17) is 0 Å². The van der Waals surface area contributed by atoms with Gasteiger partial charge in [-0.1, -0.05) is 23.8 Å². The van der Waals surface area contributed by atoms with Crippen molar-refractivity contribution in [2.75, 3.05) is 31.6 Å². The predicted octanol–water partition coefficient (Wildman–Crippen LogP) is 3.63. The number of fused-ring (bicyclic) bond motifs is 3. The highest BCUT2D eigenvalue weighted by Gasteiger charge is 2.39. The first-order chi connectivity index (χ1) is 11.7. The highest BCUT2D eigenvalue weighted by Crippen LogP contribution is 2.44. The Morgan fingerprint density at radius 3 is 2.96 bits per heavy atom. The fraction of sp³-hybridized carbons (Fsp3) is 0.476. The van der Waals surface area contributed by atoms with Gasteiger partial charge in [0, 0.05) is 49.0 Å². The van der Waals surface area contributed by atoms with Crippen LogP contribution >= 0.6 is 0 Å². The molecular weight excluding hydrogens is 294 g/mol. The van der Waals surface area contributed by atoms with Gasteiger partial charge in [0.2, 0.25) is 0 Å². The van der Waals surface area contributed by atoms with Crippen LogP contribution in [0, 0.1) is 6.92 Å². The van der Waals surface area contributed by atoms with Crippen LogP contribution in [0.1, 0.15) is 35.6 Å². The first-order valence-corrected chi connectivity index (χ1v) is 9.18. The summed E-state index contributed by atoms with van der Waals surface area (Å²) < 4.78 is 0. The zero-order valence-electron chi connectivity index (χ0n) is 14.8. The Kier molecular flexibility index (Phi) is 4.28. The summed E-state index contributed by atoms with van der Waals surface area (Å²) in [5.74, 6) is 0.649. The van der Waals surface area contributed by atoms with Gasteiger partial charge in [-0.2, -0.15) is 0 Å². The number of nitrogens with zero attached hydrogens (tertiary/aromatic N) is 3. The van der Waals surface area contributed by atoms with Crippen molar-refractivity contribution in [1.82, 2.24) is 9.88 Å². The highest BCUT2D eigenvalue weighted by atomic mass is 15.2. The molecule has 0 bridgehead atoms. The lowest BCUT2D eigenvalue weighted by atomic mass is 9.92. The molecule has 0 spiro atoms. The van der Waals surface area contributed by atoms with Gasteiger partial charge in [-0.15, -0.1) is 0 Å². The third kappa shape index (κ3) is 2.93. The monoisotopic (exact) mass is 321 g/mol. The maximum absolute atomic E-state index is 4.51. The zero-order chi connectivity index (χ0) is 16.5. The summed E-state index contributed by atoms with van der Waals surface area (Å²) in [7, 11) is 2.27. The van der Waals surface area contributed by atoms with E-state index in [-0.39, 0.29) is 0 Å². The Hall–Kier alpha value is -1.87. The Bertz CT molecular complexity index is 697. The van der Waals surface area contributed by atoms with Gasteiger partial charge >= 0.3 is 0 Å². The number of aryl methyl sites for hydroxylation is 1. The molecule has 2 aromatic rings. The molecule has 0 amide bonds. The Labute approximate surface area is 145 Å². The van der Waals surface area contributed by atoms with Crippen LogP contribution in [0.5, 0.6) is 0 Å². The molecule has 3 heteroatoms. The molecule has 2 atom stereocenters. The summed E-state index contributed by atoms with van der Waals surface area (Å²) in [5, 5.41) is 0. The minimum absolute atomic E-state index is 0.649. The van der Waals surface area contributed by atoms with E-state index in [1.807, 2.05) is 12.3 Å². The smallest absolute Gasteiger partial charge is 0.0421 e. The van der Waals surface area contributed by atoms with Crippen LogP contribution in [-0.2, 0) is 6.42 Å². The Balaban J connectivity index is 1.63. The SMILES string of the molecule is Cc1ccc2c(c1)[C@@H]1CN(C)CCC[C@@H]1N2CCc1ccccn1. The van der Waals surface area contributed by atoms with Crippen LogP contribution in [0.4, 0.5) is 5.69 Å². The normalized spacial score (nSPS) is 23.7. The van der Waals surface area contributed by atoms with E-state index in [1.54, 1.807) is 5.56 Å². The van der Waals surface area contributed by atoms with E-state index < -0.39 is 0 Å². The number of rotatable bonds is 3. The van der Waals surface area contributed by atoms with Gasteiger partial charge in [-0.05, 0) is 57.1 Å². The van der Waals surface area contributed by atoms with Gasteiger partial charge in [-0.3, -0.25) is 4.98 Å². The second-order valence-corrected chi connectivity index (χ2v) is 7.41. The van der Waals surface area contributed by atoms with Gasteiger partial charge < -0.3 is 9.80 Å². The van der Waals surface area contributed by atoms with Gasteiger partial charge in [0.05, 0.1) is 0 Å². The minimum atomic E-state index is 0.649. The van der Waals surface area contributed by atoms with Gasteiger partial charge in [0.25, 0.3) is 0 Å². The average molecular weight is 321 g/mol. The van der Waals surface area contributed by atoms with Crippen molar-refractivity contribution in [2.45, 2.75) is 38.1 Å². The lowest BCUT2D eigenvalue weighted by Crippen LogP contribution is -2.37. The third-order valence-corrected chi connectivity index (χ3v) is 5.64. The van der Waals surface area contributed by atoms with Gasteiger partial charge in [0.15, 0.2) is 0 Å². The molecule has 2 aliphatic rings. The van der Waals surface area contributed by atoms with Crippen molar-refractivity contribution in [3.63, 3.8) is 0 Å². The second kappa shape index (κ2) is 6.56. The molecule has 0 unspecified atom stereocenters. The maximum atomic E-state index is 4.51. The number of aromatic nitrogens is 1. The molecule has 3 nitrogen and oxygen atoms in total. The van der Waals surface area contributed by atoms with Gasteiger partial charge in [-0.25, -0.2) is 0 Å². The third-order valence-electron chi connectivity index (χ3n) is 5.64. The molecule has 1 saturated heterocycles. The van der Waals surface area contributed by atoms with E-state index in [9.17, 15) is 0 Å². The quantitative estimate of drug-likeness (QED) is 0.860. The van der Waals surface area contributed by atoms with Crippen LogP contribution in [0.3, 0.4) is 0 Å². The number of benzene rings is 1. The number of likely N-dealkylation sites (N-methyl/N-ethyl adjacent to an activating group) is 1. The molecule has 126 valence electrons. The number of anilines is 1. The lowest BCUT2D eigenvalue weighted by molar-refractivity contribution is 0.330. The predicted molar refractivity (Wildman–Crippen MR) is 99.7 cm³/mol. The number of likely N-dealkylation sites (tertiary alicyclic amines) is 1. The summed E-state index contributed by atoms with van der Waals surface area (Å²) in [6.45, 7) is 5.69. The molecule has 0 aliphatic carbocycles. The molecule has 0 N–H and O–H groups in total. The Morgan fingerprint density at radius 2 is 2.12 bits per heavy atom. The first kappa shape index (κ1) is 15.6. The van der Waals surface area contributed by atoms with Crippen molar-refractivity contribution in [2.24, 2.45) is 0 Å². The summed E-state index contributed by atoms with van der Waals surface area (Å²) in [4.78, 5) is 9.70. The summed E-state index contributed by atoms with van der Waals surface area (Å²) in [6.07, 6.45) is 5.52.